The molecular weight excluding hydrogens is 489 g/mol. The van der Waals surface area contributed by atoms with Crippen LogP contribution in [0.1, 0.15) is 26.3 Å². The zero-order valence-corrected chi connectivity index (χ0v) is 19.6. The third kappa shape index (κ3) is 4.86. The summed E-state index contributed by atoms with van der Waals surface area (Å²) >= 11 is 0. The number of halogens is 1. The minimum atomic E-state index is -3.08. The van der Waals surface area contributed by atoms with Gasteiger partial charge in [-0.25, -0.2) is 18.1 Å². The molecule has 0 aliphatic carbocycles. The van der Waals surface area contributed by atoms with Crippen LogP contribution in [0.15, 0.2) is 47.7 Å². The summed E-state index contributed by atoms with van der Waals surface area (Å²) in [4.78, 5) is 6.83. The molecule has 3 rings (SSSR count). The van der Waals surface area contributed by atoms with Gasteiger partial charge >= 0.3 is 0 Å². The van der Waals surface area contributed by atoms with Crippen LogP contribution in [0.3, 0.4) is 0 Å². The molecule has 1 aromatic heterocycles. The van der Waals surface area contributed by atoms with E-state index < -0.39 is 14.6 Å². The Morgan fingerprint density at radius 3 is 2.68 bits per heavy atom. The molecular formula is C19H28IN5O2S. The second-order valence-electron chi connectivity index (χ2n) is 7.25. The molecule has 1 aliphatic heterocycles. The van der Waals surface area contributed by atoms with Crippen LogP contribution in [0.5, 0.6) is 0 Å². The molecule has 1 saturated heterocycles. The van der Waals surface area contributed by atoms with Crippen LogP contribution < -0.4 is 5.32 Å². The average Bonchev–Trinajstić information content (AvgIpc) is 3.16. The maximum absolute atomic E-state index is 12.3. The lowest BCUT2D eigenvalue weighted by atomic mass is 10.2. The molecule has 1 N–H and O–H groups in total. The van der Waals surface area contributed by atoms with Gasteiger partial charge < -0.3 is 10.2 Å². The number of hydrogen-bond donors (Lipinski definition) is 1. The molecule has 0 spiro atoms. The lowest BCUT2D eigenvalue weighted by Gasteiger charge is -2.39. The highest BCUT2D eigenvalue weighted by molar-refractivity contribution is 14.0. The van der Waals surface area contributed by atoms with E-state index in [0.717, 1.165) is 23.8 Å². The van der Waals surface area contributed by atoms with Crippen molar-refractivity contribution in [3.05, 3.63) is 48.3 Å². The van der Waals surface area contributed by atoms with Crippen LogP contribution in [-0.4, -0.2) is 59.2 Å². The number of sulfone groups is 1. The standard InChI is InChI=1S/C19H27N5O2S.HI/c1-4-20-18(23-12-13-27(25,26)19(2,3)15-23)21-14-16-8-5-6-9-17(16)24-11-7-10-22-24;/h5-11H,4,12-15H2,1-3H3,(H,20,21);1H. The van der Waals surface area contributed by atoms with E-state index >= 15 is 0 Å². The minimum absolute atomic E-state index is 0. The van der Waals surface area contributed by atoms with E-state index in [1.807, 2.05) is 53.0 Å². The van der Waals surface area contributed by atoms with Gasteiger partial charge in [0, 0.05) is 32.0 Å². The van der Waals surface area contributed by atoms with Gasteiger partial charge in [-0.1, -0.05) is 18.2 Å². The molecule has 1 aromatic carbocycles. The van der Waals surface area contributed by atoms with Gasteiger partial charge in [-0.3, -0.25) is 0 Å². The highest BCUT2D eigenvalue weighted by Gasteiger charge is 2.40. The largest absolute Gasteiger partial charge is 0.357 e. The lowest BCUT2D eigenvalue weighted by Crippen LogP contribution is -2.57. The number of para-hydroxylation sites is 1. The monoisotopic (exact) mass is 517 g/mol. The van der Waals surface area contributed by atoms with Gasteiger partial charge in [0.15, 0.2) is 15.8 Å². The normalized spacial score (nSPS) is 18.4. The SMILES string of the molecule is CCNC(=NCc1ccccc1-n1cccn1)N1CCS(=O)(=O)C(C)(C)C1.I. The maximum Gasteiger partial charge on any atom is 0.194 e. The molecule has 1 aliphatic rings. The second-order valence-corrected chi connectivity index (χ2v) is 9.99. The first-order chi connectivity index (χ1) is 12.8. The maximum atomic E-state index is 12.3. The first-order valence-corrected chi connectivity index (χ1v) is 10.8. The summed E-state index contributed by atoms with van der Waals surface area (Å²) in [6.07, 6.45) is 3.66. The van der Waals surface area contributed by atoms with Crippen molar-refractivity contribution in [1.29, 1.82) is 0 Å². The van der Waals surface area contributed by atoms with Crippen molar-refractivity contribution in [2.75, 3.05) is 25.4 Å². The van der Waals surface area contributed by atoms with Gasteiger partial charge in [0.25, 0.3) is 0 Å². The van der Waals surface area contributed by atoms with Crippen molar-refractivity contribution >= 4 is 39.8 Å². The molecule has 9 heteroatoms. The van der Waals surface area contributed by atoms with E-state index in [2.05, 4.69) is 10.4 Å². The Bertz CT molecular complexity index is 910. The number of nitrogens with zero attached hydrogens (tertiary/aromatic N) is 4. The Morgan fingerprint density at radius 1 is 1.29 bits per heavy atom. The number of nitrogens with one attached hydrogen (secondary N) is 1. The van der Waals surface area contributed by atoms with Crippen molar-refractivity contribution in [3.63, 3.8) is 0 Å². The van der Waals surface area contributed by atoms with Crippen molar-refractivity contribution in [3.8, 4) is 5.69 Å². The summed E-state index contributed by atoms with van der Waals surface area (Å²) in [5.41, 5.74) is 2.05. The van der Waals surface area contributed by atoms with Crippen LogP contribution in [0.2, 0.25) is 0 Å². The Balaban J connectivity index is 0.00000280. The predicted molar refractivity (Wildman–Crippen MR) is 123 cm³/mol. The summed E-state index contributed by atoms with van der Waals surface area (Å²) in [5, 5.41) is 7.61. The van der Waals surface area contributed by atoms with Crippen molar-refractivity contribution in [2.24, 2.45) is 4.99 Å². The number of aromatic nitrogens is 2. The van der Waals surface area contributed by atoms with E-state index in [4.69, 9.17) is 4.99 Å². The van der Waals surface area contributed by atoms with E-state index in [1.165, 1.54) is 0 Å². The van der Waals surface area contributed by atoms with Gasteiger partial charge in [-0.05, 0) is 38.5 Å². The van der Waals surface area contributed by atoms with E-state index in [-0.39, 0.29) is 29.7 Å². The van der Waals surface area contributed by atoms with E-state index in [1.54, 1.807) is 20.0 Å². The third-order valence-corrected chi connectivity index (χ3v) is 7.35. The lowest BCUT2D eigenvalue weighted by molar-refractivity contribution is 0.353. The van der Waals surface area contributed by atoms with Crippen LogP contribution >= 0.6 is 24.0 Å². The molecule has 0 atom stereocenters. The number of aliphatic imine (C=N–C) groups is 1. The minimum Gasteiger partial charge on any atom is -0.357 e. The average molecular weight is 517 g/mol. The summed E-state index contributed by atoms with van der Waals surface area (Å²) in [6.45, 7) is 7.68. The summed E-state index contributed by atoms with van der Waals surface area (Å²) in [7, 11) is -3.08. The van der Waals surface area contributed by atoms with Gasteiger partial charge in [-0.15, -0.1) is 24.0 Å². The molecule has 7 nitrogen and oxygen atoms in total. The van der Waals surface area contributed by atoms with Crippen molar-refractivity contribution in [1.82, 2.24) is 20.0 Å². The molecule has 2 heterocycles. The fourth-order valence-corrected chi connectivity index (χ4v) is 4.56. The highest BCUT2D eigenvalue weighted by Crippen LogP contribution is 2.24. The number of guanidine groups is 1. The molecule has 0 radical (unpaired) electrons. The summed E-state index contributed by atoms with van der Waals surface area (Å²) in [5.74, 6) is 0.893. The zero-order valence-electron chi connectivity index (χ0n) is 16.5. The van der Waals surface area contributed by atoms with E-state index in [9.17, 15) is 8.42 Å². The number of benzene rings is 1. The fraction of sp³-hybridized carbons (Fsp3) is 0.474. The van der Waals surface area contributed by atoms with Crippen LogP contribution in [0.25, 0.3) is 5.69 Å². The Kier molecular flexibility index (Phi) is 7.49. The molecule has 154 valence electrons. The fourth-order valence-electron chi connectivity index (χ4n) is 3.19. The Hall–Kier alpha value is -1.62. The van der Waals surface area contributed by atoms with Crippen LogP contribution in [-0.2, 0) is 16.4 Å². The van der Waals surface area contributed by atoms with Gasteiger partial charge in [0.1, 0.15) is 0 Å². The van der Waals surface area contributed by atoms with Crippen LogP contribution in [0, 0.1) is 0 Å². The molecule has 0 saturated carbocycles. The third-order valence-electron chi connectivity index (χ3n) is 4.82. The van der Waals surface area contributed by atoms with Crippen LogP contribution in [0.4, 0.5) is 0 Å². The summed E-state index contributed by atoms with van der Waals surface area (Å²) in [6, 6.07) is 9.91. The molecule has 0 bridgehead atoms. The molecule has 2 aromatic rings. The Morgan fingerprint density at radius 2 is 2.04 bits per heavy atom. The zero-order chi connectivity index (χ0) is 19.5. The Labute approximate surface area is 184 Å². The van der Waals surface area contributed by atoms with Gasteiger partial charge in [0.2, 0.25) is 0 Å². The summed E-state index contributed by atoms with van der Waals surface area (Å²) < 4.78 is 25.6. The molecule has 0 unspecified atom stereocenters. The van der Waals surface area contributed by atoms with Gasteiger partial charge in [0.05, 0.1) is 22.7 Å². The molecule has 1 fully saturated rings. The number of hydrogen-bond acceptors (Lipinski definition) is 4. The van der Waals surface area contributed by atoms with Crippen molar-refractivity contribution < 1.29 is 8.42 Å². The highest BCUT2D eigenvalue weighted by atomic mass is 127. The predicted octanol–water partition coefficient (Wildman–Crippen LogP) is 2.46. The first-order valence-electron chi connectivity index (χ1n) is 9.17. The topological polar surface area (TPSA) is 79.6 Å². The quantitative estimate of drug-likeness (QED) is 0.383. The van der Waals surface area contributed by atoms with E-state index in [0.29, 0.717) is 19.6 Å². The van der Waals surface area contributed by atoms with Gasteiger partial charge in [-0.2, -0.15) is 5.10 Å². The molecule has 0 amide bonds. The first kappa shape index (κ1) is 22.7. The molecule has 28 heavy (non-hydrogen) atoms. The number of rotatable bonds is 4. The second kappa shape index (κ2) is 9.25. The van der Waals surface area contributed by atoms with Crippen molar-refractivity contribution in [2.45, 2.75) is 32.1 Å². The smallest absolute Gasteiger partial charge is 0.194 e.